The van der Waals surface area contributed by atoms with Crippen LogP contribution in [0.1, 0.15) is 140 Å². The minimum atomic E-state index is 0.465. The van der Waals surface area contributed by atoms with Crippen LogP contribution < -0.4 is 0 Å². The van der Waals surface area contributed by atoms with Crippen LogP contribution in [0.15, 0.2) is 83.1 Å². The third kappa shape index (κ3) is 17.1. The highest BCUT2D eigenvalue weighted by atomic mass is 14.4. The van der Waals surface area contributed by atoms with E-state index in [9.17, 15) is 0 Å². The summed E-state index contributed by atoms with van der Waals surface area (Å²) in [5.74, 6) is 2.68. The zero-order chi connectivity index (χ0) is 30.0. The summed E-state index contributed by atoms with van der Waals surface area (Å²) in [6.45, 7) is 23.2. The molecule has 0 spiro atoms. The third-order valence-electron chi connectivity index (χ3n) is 8.82. The van der Waals surface area contributed by atoms with Crippen LogP contribution in [0.25, 0.3) is 0 Å². The van der Waals surface area contributed by atoms with E-state index in [4.69, 9.17) is 0 Å². The standard InChI is InChI=1S/C40H66/c1-32(2)18-13-21-35(5)24-15-26-36(6)25-14-22-33(3)19-11-12-20-34(4)23-16-27-37(7)29-30-39-38(8)28-17-31-40(39,9)10/h14-16,18,20,24-28,33,36-37,39H,11-13,17,19,21-23,29-31H2,1-10H3/b25-14+,26-15+,27-16-,34-20+,35-24+. The quantitative estimate of drug-likeness (QED) is 0.0911. The molecule has 0 N–H and O–H groups in total. The first kappa shape index (κ1) is 36.2. The molecule has 1 aliphatic rings. The molecule has 1 aliphatic carbocycles. The number of hydrogen-bond acceptors (Lipinski definition) is 0. The van der Waals surface area contributed by atoms with Crippen LogP contribution in [0.5, 0.6) is 0 Å². The summed E-state index contributed by atoms with van der Waals surface area (Å²) in [5, 5.41) is 0. The topological polar surface area (TPSA) is 0 Å². The van der Waals surface area contributed by atoms with Crippen molar-refractivity contribution in [1.82, 2.24) is 0 Å². The summed E-state index contributed by atoms with van der Waals surface area (Å²) >= 11 is 0. The van der Waals surface area contributed by atoms with Crippen molar-refractivity contribution in [3.8, 4) is 0 Å². The van der Waals surface area contributed by atoms with E-state index < -0.39 is 0 Å². The molecule has 0 fully saturated rings. The van der Waals surface area contributed by atoms with Crippen molar-refractivity contribution in [2.24, 2.45) is 29.1 Å². The number of rotatable bonds is 18. The fourth-order valence-corrected chi connectivity index (χ4v) is 5.91. The maximum absolute atomic E-state index is 2.48. The van der Waals surface area contributed by atoms with Crippen LogP contribution in [0.4, 0.5) is 0 Å². The first-order valence-electron chi connectivity index (χ1n) is 16.5. The van der Waals surface area contributed by atoms with Crippen LogP contribution in [0, 0.1) is 29.1 Å². The lowest BCUT2D eigenvalue weighted by Crippen LogP contribution is -2.28. The Hall–Kier alpha value is -1.82. The molecule has 40 heavy (non-hydrogen) atoms. The summed E-state index contributed by atoms with van der Waals surface area (Å²) in [5.41, 5.74) is 6.48. The van der Waals surface area contributed by atoms with Crippen molar-refractivity contribution >= 4 is 0 Å². The van der Waals surface area contributed by atoms with Gasteiger partial charge in [0.15, 0.2) is 0 Å². The predicted molar refractivity (Wildman–Crippen MR) is 184 cm³/mol. The molecule has 4 atom stereocenters. The second-order valence-electron chi connectivity index (χ2n) is 14.0. The van der Waals surface area contributed by atoms with Crippen LogP contribution >= 0.6 is 0 Å². The Morgan fingerprint density at radius 3 is 2.38 bits per heavy atom. The largest absolute Gasteiger partial charge is 0.0877 e. The minimum Gasteiger partial charge on any atom is -0.0877 e. The molecule has 226 valence electrons. The Balaban J connectivity index is 2.24. The highest BCUT2D eigenvalue weighted by molar-refractivity contribution is 5.14. The smallest absolute Gasteiger partial charge is 0.00788 e. The van der Waals surface area contributed by atoms with Gasteiger partial charge in [-0.05, 0) is 128 Å². The summed E-state index contributed by atoms with van der Waals surface area (Å²) in [6.07, 6.45) is 37.4. The molecule has 0 aliphatic heterocycles. The second kappa shape index (κ2) is 20.1. The lowest BCUT2D eigenvalue weighted by molar-refractivity contribution is 0.197. The van der Waals surface area contributed by atoms with E-state index in [0.29, 0.717) is 17.3 Å². The van der Waals surface area contributed by atoms with Gasteiger partial charge in [0.25, 0.3) is 0 Å². The van der Waals surface area contributed by atoms with E-state index in [0.717, 1.165) is 31.1 Å². The van der Waals surface area contributed by atoms with E-state index in [1.54, 1.807) is 5.57 Å². The molecular formula is C40H66. The maximum Gasteiger partial charge on any atom is -0.00788 e. The summed E-state index contributed by atoms with van der Waals surface area (Å²) < 4.78 is 0. The third-order valence-corrected chi connectivity index (χ3v) is 8.82. The Kier molecular flexibility index (Phi) is 18.2. The molecule has 0 saturated carbocycles. The van der Waals surface area contributed by atoms with Gasteiger partial charge < -0.3 is 0 Å². The van der Waals surface area contributed by atoms with E-state index in [2.05, 4.69) is 130 Å². The van der Waals surface area contributed by atoms with Crippen molar-refractivity contribution in [3.05, 3.63) is 83.1 Å². The summed E-state index contributed by atoms with van der Waals surface area (Å²) in [4.78, 5) is 0. The number of allylic oxidation sites excluding steroid dienone is 14. The van der Waals surface area contributed by atoms with E-state index >= 15 is 0 Å². The van der Waals surface area contributed by atoms with Gasteiger partial charge in [-0.2, -0.15) is 0 Å². The van der Waals surface area contributed by atoms with Crippen LogP contribution in [-0.2, 0) is 0 Å². The first-order chi connectivity index (χ1) is 18.9. The fraction of sp³-hybridized carbons (Fsp3) is 0.650. The molecule has 0 nitrogen and oxygen atoms in total. The van der Waals surface area contributed by atoms with Gasteiger partial charge in [-0.25, -0.2) is 0 Å². The maximum atomic E-state index is 2.48. The number of unbranched alkanes of at least 4 members (excludes halogenated alkanes) is 1. The average molecular weight is 547 g/mol. The molecule has 0 radical (unpaired) electrons. The highest BCUT2D eigenvalue weighted by Gasteiger charge is 2.32. The molecule has 4 unspecified atom stereocenters. The van der Waals surface area contributed by atoms with Gasteiger partial charge >= 0.3 is 0 Å². The Bertz CT molecular complexity index is 906. The average Bonchev–Trinajstić information content (AvgIpc) is 2.85. The van der Waals surface area contributed by atoms with Crippen molar-refractivity contribution < 1.29 is 0 Å². The van der Waals surface area contributed by atoms with Crippen molar-refractivity contribution in [3.63, 3.8) is 0 Å². The molecule has 0 aromatic carbocycles. The summed E-state index contributed by atoms with van der Waals surface area (Å²) in [6, 6.07) is 0. The van der Waals surface area contributed by atoms with Gasteiger partial charge in [0.2, 0.25) is 0 Å². The zero-order valence-electron chi connectivity index (χ0n) is 28.4. The molecule has 0 aromatic rings. The molecular weight excluding hydrogens is 480 g/mol. The van der Waals surface area contributed by atoms with Crippen LogP contribution in [0.3, 0.4) is 0 Å². The van der Waals surface area contributed by atoms with Gasteiger partial charge in [-0.3, -0.25) is 0 Å². The van der Waals surface area contributed by atoms with Gasteiger partial charge in [0.1, 0.15) is 0 Å². The number of hydrogen-bond donors (Lipinski definition) is 0. The molecule has 0 amide bonds. The van der Waals surface area contributed by atoms with Crippen molar-refractivity contribution in [2.75, 3.05) is 0 Å². The first-order valence-corrected chi connectivity index (χ1v) is 16.5. The van der Waals surface area contributed by atoms with Gasteiger partial charge in [-0.15, -0.1) is 0 Å². The Morgan fingerprint density at radius 1 is 0.925 bits per heavy atom. The monoisotopic (exact) mass is 547 g/mol. The molecule has 0 heterocycles. The molecule has 0 bridgehead atoms. The SMILES string of the molecule is CC(C)=CCC/C(C)=C/C=C/C(C)/C=C/CC(C)CCC/C=C(\C)C/C=C\C(C)CCC1C(C)=CCCC1(C)C. The van der Waals surface area contributed by atoms with E-state index in [1.807, 2.05) is 0 Å². The van der Waals surface area contributed by atoms with Crippen LogP contribution in [0.2, 0.25) is 0 Å². The molecule has 1 rings (SSSR count). The second-order valence-corrected chi connectivity index (χ2v) is 14.0. The van der Waals surface area contributed by atoms with Crippen molar-refractivity contribution in [1.29, 1.82) is 0 Å². The molecule has 0 saturated heterocycles. The van der Waals surface area contributed by atoms with Gasteiger partial charge in [0.05, 0.1) is 0 Å². The minimum absolute atomic E-state index is 0.465. The Labute approximate surface area is 251 Å². The van der Waals surface area contributed by atoms with Crippen LogP contribution in [-0.4, -0.2) is 0 Å². The predicted octanol–water partition coefficient (Wildman–Crippen LogP) is 13.3. The Morgan fingerprint density at radius 2 is 1.68 bits per heavy atom. The van der Waals surface area contributed by atoms with Gasteiger partial charge in [0, 0.05) is 0 Å². The summed E-state index contributed by atoms with van der Waals surface area (Å²) in [7, 11) is 0. The van der Waals surface area contributed by atoms with Crippen molar-refractivity contribution in [2.45, 2.75) is 140 Å². The van der Waals surface area contributed by atoms with E-state index in [-0.39, 0.29) is 0 Å². The molecule has 0 aromatic heterocycles. The van der Waals surface area contributed by atoms with Gasteiger partial charge in [-0.1, -0.05) is 124 Å². The fourth-order valence-electron chi connectivity index (χ4n) is 5.91. The van der Waals surface area contributed by atoms with E-state index in [1.165, 1.54) is 68.1 Å². The zero-order valence-corrected chi connectivity index (χ0v) is 28.4. The normalized spacial score (nSPS) is 20.8. The lowest BCUT2D eigenvalue weighted by atomic mass is 9.66. The highest BCUT2D eigenvalue weighted by Crippen LogP contribution is 2.43. The molecule has 0 heteroatoms. The lowest BCUT2D eigenvalue weighted by Gasteiger charge is -2.39.